The number of hydrogen-bond acceptors (Lipinski definition) is 7. The van der Waals surface area contributed by atoms with Gasteiger partial charge in [-0.15, -0.1) is 10.2 Å². The molecular formula is C24H19N3O5. The van der Waals surface area contributed by atoms with E-state index in [1.165, 1.54) is 12.1 Å². The van der Waals surface area contributed by atoms with Crippen molar-refractivity contribution in [1.82, 2.24) is 10.2 Å². The molecule has 4 aromatic rings. The molecule has 0 N–H and O–H groups in total. The molecule has 0 aliphatic carbocycles. The fourth-order valence-electron chi connectivity index (χ4n) is 3.16. The van der Waals surface area contributed by atoms with Gasteiger partial charge in [-0.05, 0) is 48.0 Å². The van der Waals surface area contributed by atoms with Gasteiger partial charge in [-0.25, -0.2) is 0 Å². The fourth-order valence-corrected chi connectivity index (χ4v) is 3.16. The number of hydrogen-bond donors (Lipinski definition) is 0. The Bertz CT molecular complexity index is 1240. The predicted octanol–water partition coefficient (Wildman–Crippen LogP) is 5.53. The number of benzene rings is 3. The van der Waals surface area contributed by atoms with Crippen LogP contribution >= 0.6 is 0 Å². The van der Waals surface area contributed by atoms with Gasteiger partial charge >= 0.3 is 0 Å². The van der Waals surface area contributed by atoms with Crippen LogP contribution in [0.5, 0.6) is 23.1 Å². The highest BCUT2D eigenvalue weighted by Gasteiger charge is 2.14. The molecule has 0 unspecified atom stereocenters. The molecule has 0 atom stereocenters. The van der Waals surface area contributed by atoms with E-state index < -0.39 is 4.92 Å². The largest absolute Gasteiger partial charge is 0.497 e. The van der Waals surface area contributed by atoms with Crippen molar-refractivity contribution in [2.45, 2.75) is 0 Å². The van der Waals surface area contributed by atoms with Crippen molar-refractivity contribution in [1.29, 1.82) is 0 Å². The Kier molecular flexibility index (Phi) is 5.94. The van der Waals surface area contributed by atoms with Gasteiger partial charge in [-0.1, -0.05) is 18.2 Å². The van der Waals surface area contributed by atoms with Crippen molar-refractivity contribution < 1.29 is 19.1 Å². The van der Waals surface area contributed by atoms with E-state index in [2.05, 4.69) is 10.2 Å². The lowest BCUT2D eigenvalue weighted by Crippen LogP contribution is -1.97. The lowest BCUT2D eigenvalue weighted by Gasteiger charge is -2.12. The monoisotopic (exact) mass is 429 g/mol. The number of nitrogens with zero attached hydrogens (tertiary/aromatic N) is 3. The molecule has 0 fully saturated rings. The first kappa shape index (κ1) is 20.8. The number of rotatable bonds is 7. The Balaban J connectivity index is 1.76. The minimum Gasteiger partial charge on any atom is -0.497 e. The molecule has 160 valence electrons. The van der Waals surface area contributed by atoms with Gasteiger partial charge in [0.1, 0.15) is 22.9 Å². The van der Waals surface area contributed by atoms with Crippen LogP contribution in [-0.2, 0) is 0 Å². The molecular weight excluding hydrogens is 410 g/mol. The third-order valence-corrected chi connectivity index (χ3v) is 4.79. The van der Waals surface area contributed by atoms with Crippen LogP contribution in [0.2, 0.25) is 0 Å². The normalized spacial score (nSPS) is 10.4. The Morgan fingerprint density at radius 2 is 1.38 bits per heavy atom. The third kappa shape index (κ3) is 4.49. The second-order valence-electron chi connectivity index (χ2n) is 6.76. The molecule has 1 aromatic heterocycles. The van der Waals surface area contributed by atoms with E-state index in [0.717, 1.165) is 28.2 Å². The molecule has 0 bridgehead atoms. The van der Waals surface area contributed by atoms with Crippen molar-refractivity contribution in [3.05, 3.63) is 89.0 Å². The first-order valence-corrected chi connectivity index (χ1v) is 9.66. The van der Waals surface area contributed by atoms with E-state index >= 15 is 0 Å². The van der Waals surface area contributed by atoms with Crippen LogP contribution in [0.3, 0.4) is 0 Å². The first-order chi connectivity index (χ1) is 15.6. The zero-order valence-corrected chi connectivity index (χ0v) is 17.4. The standard InChI is InChI=1S/C24H19N3O5/c1-30-19-10-6-16(7-11-19)22-15-23(32-21-5-3-4-18(14-21)27(28)29)25-26-24(22)17-8-12-20(31-2)13-9-17/h3-15H,1-2H3. The van der Waals surface area contributed by atoms with Gasteiger partial charge in [0.15, 0.2) is 0 Å². The smallest absolute Gasteiger partial charge is 0.273 e. The summed E-state index contributed by atoms with van der Waals surface area (Å²) in [7, 11) is 3.22. The molecule has 8 heteroatoms. The zero-order valence-electron chi connectivity index (χ0n) is 17.4. The van der Waals surface area contributed by atoms with Gasteiger partial charge in [0.2, 0.25) is 5.88 Å². The predicted molar refractivity (Wildman–Crippen MR) is 119 cm³/mol. The van der Waals surface area contributed by atoms with Crippen molar-refractivity contribution in [2.75, 3.05) is 14.2 Å². The highest BCUT2D eigenvalue weighted by Crippen LogP contribution is 2.35. The van der Waals surface area contributed by atoms with Crippen LogP contribution in [0.1, 0.15) is 0 Å². The number of ether oxygens (including phenoxy) is 3. The van der Waals surface area contributed by atoms with Crippen LogP contribution in [0.4, 0.5) is 5.69 Å². The molecule has 0 aliphatic rings. The Labute approximate surface area is 184 Å². The molecule has 1 heterocycles. The number of methoxy groups -OCH3 is 2. The Morgan fingerprint density at radius 3 is 1.97 bits per heavy atom. The maximum Gasteiger partial charge on any atom is 0.273 e. The summed E-state index contributed by atoms with van der Waals surface area (Å²) >= 11 is 0. The maximum absolute atomic E-state index is 11.0. The minimum atomic E-state index is -0.478. The molecule has 0 aliphatic heterocycles. The van der Waals surface area contributed by atoms with E-state index in [0.29, 0.717) is 11.4 Å². The van der Waals surface area contributed by atoms with Gasteiger partial charge in [0, 0.05) is 23.3 Å². The molecule has 0 spiro atoms. The van der Waals surface area contributed by atoms with E-state index in [-0.39, 0.29) is 11.6 Å². The number of aromatic nitrogens is 2. The van der Waals surface area contributed by atoms with Crippen LogP contribution in [0.25, 0.3) is 22.4 Å². The van der Waals surface area contributed by atoms with Crippen LogP contribution in [0, 0.1) is 10.1 Å². The van der Waals surface area contributed by atoms with E-state index in [1.807, 2.05) is 48.5 Å². The first-order valence-electron chi connectivity index (χ1n) is 9.66. The molecule has 32 heavy (non-hydrogen) atoms. The average molecular weight is 429 g/mol. The summed E-state index contributed by atoms with van der Waals surface area (Å²) in [5.74, 6) is 1.98. The third-order valence-electron chi connectivity index (χ3n) is 4.79. The molecule has 8 nitrogen and oxygen atoms in total. The highest BCUT2D eigenvalue weighted by molar-refractivity contribution is 5.81. The van der Waals surface area contributed by atoms with E-state index in [4.69, 9.17) is 14.2 Å². The summed E-state index contributed by atoms with van der Waals surface area (Å²) in [5.41, 5.74) is 3.11. The minimum absolute atomic E-state index is 0.0688. The number of nitro groups is 1. The molecule has 0 amide bonds. The SMILES string of the molecule is COc1ccc(-c2cc(Oc3cccc([N+](=O)[O-])c3)nnc2-c2ccc(OC)cc2)cc1. The molecule has 4 rings (SSSR count). The second-order valence-corrected chi connectivity index (χ2v) is 6.76. The van der Waals surface area contributed by atoms with Crippen molar-refractivity contribution in [3.63, 3.8) is 0 Å². The van der Waals surface area contributed by atoms with E-state index in [9.17, 15) is 10.1 Å². The quantitative estimate of drug-likeness (QED) is 0.281. The lowest BCUT2D eigenvalue weighted by molar-refractivity contribution is -0.384. The molecule has 0 saturated heterocycles. The van der Waals surface area contributed by atoms with Crippen LogP contribution in [0.15, 0.2) is 78.9 Å². The van der Waals surface area contributed by atoms with Crippen molar-refractivity contribution >= 4 is 5.69 Å². The van der Waals surface area contributed by atoms with Gasteiger partial charge in [0.05, 0.1) is 25.2 Å². The van der Waals surface area contributed by atoms with Gasteiger partial charge in [-0.3, -0.25) is 10.1 Å². The van der Waals surface area contributed by atoms with E-state index in [1.54, 1.807) is 32.4 Å². The van der Waals surface area contributed by atoms with Crippen molar-refractivity contribution in [2.24, 2.45) is 0 Å². The lowest BCUT2D eigenvalue weighted by atomic mass is 10.00. The number of non-ortho nitro benzene ring substituents is 1. The summed E-state index contributed by atoms with van der Waals surface area (Å²) in [6.07, 6.45) is 0. The van der Waals surface area contributed by atoms with Gasteiger partial charge in [-0.2, -0.15) is 0 Å². The highest BCUT2D eigenvalue weighted by atomic mass is 16.6. The molecule has 0 radical (unpaired) electrons. The Hall–Kier alpha value is -4.46. The fraction of sp³-hybridized carbons (Fsp3) is 0.0833. The summed E-state index contributed by atoms with van der Waals surface area (Å²) in [6, 6.07) is 22.7. The number of nitro benzene ring substituents is 1. The summed E-state index contributed by atoms with van der Waals surface area (Å²) in [5, 5.41) is 19.6. The molecule has 0 saturated carbocycles. The zero-order chi connectivity index (χ0) is 22.5. The van der Waals surface area contributed by atoms with Gasteiger partial charge in [0.25, 0.3) is 5.69 Å². The van der Waals surface area contributed by atoms with Crippen LogP contribution < -0.4 is 14.2 Å². The Morgan fingerprint density at radius 1 is 0.750 bits per heavy atom. The maximum atomic E-state index is 11.0. The topological polar surface area (TPSA) is 96.6 Å². The molecule has 3 aromatic carbocycles. The van der Waals surface area contributed by atoms with Gasteiger partial charge < -0.3 is 14.2 Å². The summed E-state index contributed by atoms with van der Waals surface area (Å²) in [6.45, 7) is 0. The average Bonchev–Trinajstić information content (AvgIpc) is 2.84. The summed E-state index contributed by atoms with van der Waals surface area (Å²) in [4.78, 5) is 10.6. The summed E-state index contributed by atoms with van der Waals surface area (Å²) < 4.78 is 16.3. The van der Waals surface area contributed by atoms with Crippen molar-refractivity contribution in [3.8, 4) is 45.5 Å². The second kappa shape index (κ2) is 9.13. The van der Waals surface area contributed by atoms with Crippen LogP contribution in [-0.4, -0.2) is 29.3 Å².